The van der Waals surface area contributed by atoms with Gasteiger partial charge in [0.25, 0.3) is 6.29 Å². The lowest BCUT2D eigenvalue weighted by Crippen LogP contribution is -2.36. The van der Waals surface area contributed by atoms with Crippen molar-refractivity contribution in [2.45, 2.75) is 72.4 Å². The van der Waals surface area contributed by atoms with Crippen molar-refractivity contribution in [3.05, 3.63) is 58.1 Å². The van der Waals surface area contributed by atoms with Crippen LogP contribution in [-0.2, 0) is 22.5 Å². The van der Waals surface area contributed by atoms with Crippen LogP contribution in [0.3, 0.4) is 0 Å². The summed E-state index contributed by atoms with van der Waals surface area (Å²) >= 11 is 0. The second-order valence-corrected chi connectivity index (χ2v) is 10.4. The van der Waals surface area contributed by atoms with Gasteiger partial charge in [-0.3, -0.25) is 4.79 Å². The van der Waals surface area contributed by atoms with Gasteiger partial charge in [0, 0.05) is 25.9 Å². The highest BCUT2D eigenvalue weighted by molar-refractivity contribution is 5.84. The minimum atomic E-state index is -4.61. The minimum Gasteiger partial charge on any atom is -0.455 e. The van der Waals surface area contributed by atoms with Crippen molar-refractivity contribution in [3.8, 4) is 5.75 Å². The molecule has 0 bridgehead atoms. The van der Waals surface area contributed by atoms with Crippen LogP contribution in [0.5, 0.6) is 5.75 Å². The molecule has 3 rings (SSSR count). The van der Waals surface area contributed by atoms with Gasteiger partial charge in [-0.05, 0) is 84.2 Å². The first-order valence-corrected chi connectivity index (χ1v) is 11.8. The first-order chi connectivity index (χ1) is 16.2. The molecule has 2 N–H and O–H groups in total. The molecule has 0 fully saturated rings. The third-order valence-corrected chi connectivity index (χ3v) is 6.52. The van der Waals surface area contributed by atoms with Gasteiger partial charge < -0.3 is 20.1 Å². The number of carbonyl (C=O) groups excluding carboxylic acids is 1. The summed E-state index contributed by atoms with van der Waals surface area (Å²) in [5.41, 5.74) is 11.6. The van der Waals surface area contributed by atoms with Crippen molar-refractivity contribution in [3.63, 3.8) is 0 Å². The number of amides is 1. The molecule has 1 heterocycles. The van der Waals surface area contributed by atoms with Gasteiger partial charge in [0.15, 0.2) is 0 Å². The molecule has 0 saturated carbocycles. The molecule has 2 aromatic rings. The van der Waals surface area contributed by atoms with Crippen LogP contribution >= 0.6 is 0 Å². The van der Waals surface area contributed by atoms with E-state index < -0.39 is 18.4 Å². The predicted octanol–water partition coefficient (Wildman–Crippen LogP) is 5.78. The number of benzene rings is 2. The second kappa shape index (κ2) is 10.1. The molecule has 0 aliphatic carbocycles. The van der Waals surface area contributed by atoms with E-state index in [1.54, 1.807) is 12.1 Å². The maximum absolute atomic E-state index is 13.0. The summed E-state index contributed by atoms with van der Waals surface area (Å²) in [7, 11) is 0.974. The van der Waals surface area contributed by atoms with Crippen LogP contribution in [0.15, 0.2) is 30.3 Å². The zero-order valence-electron chi connectivity index (χ0n) is 21.3. The number of carbonyl (C=O) groups is 1. The van der Waals surface area contributed by atoms with Crippen LogP contribution in [0, 0.1) is 19.3 Å². The van der Waals surface area contributed by atoms with E-state index in [1.807, 2.05) is 40.7 Å². The Balaban J connectivity index is 1.88. The molecule has 2 aromatic carbocycles. The van der Waals surface area contributed by atoms with Gasteiger partial charge in [0.05, 0.1) is 5.92 Å². The van der Waals surface area contributed by atoms with Crippen LogP contribution < -0.4 is 15.4 Å². The number of nitrogens with zero attached hydrogens (tertiary/aromatic N) is 1. The van der Waals surface area contributed by atoms with Gasteiger partial charge in [-0.1, -0.05) is 26.8 Å². The number of rotatable bonds is 6. The van der Waals surface area contributed by atoms with Gasteiger partial charge in [0.2, 0.25) is 5.91 Å². The molecule has 5 nitrogen and oxygen atoms in total. The number of halogens is 3. The molecule has 192 valence electrons. The summed E-state index contributed by atoms with van der Waals surface area (Å²) in [6.45, 7) is 11.5. The standard InChI is InChI=1S/C27H35F3N2O3/c1-16-12-20(13-17(2)22(16)23(24(31)33)26(3,4)5)32-11-7-8-18-14-21(10-9-19(18)15-32)35-25(34-6)27(28,29)30/h9-10,12-14,23,25H,7-8,11,15H2,1-6H3,(H2,31,33). The molecule has 35 heavy (non-hydrogen) atoms. The summed E-state index contributed by atoms with van der Waals surface area (Å²) in [6.07, 6.45) is -5.34. The number of hydrogen-bond donors (Lipinski definition) is 1. The molecule has 2 unspecified atom stereocenters. The number of methoxy groups -OCH3 is 1. The molecule has 0 radical (unpaired) electrons. The van der Waals surface area contributed by atoms with Crippen molar-refractivity contribution < 1.29 is 27.4 Å². The van der Waals surface area contributed by atoms with E-state index in [1.165, 1.54) is 0 Å². The second-order valence-electron chi connectivity index (χ2n) is 10.4. The summed E-state index contributed by atoms with van der Waals surface area (Å²) < 4.78 is 48.6. The monoisotopic (exact) mass is 492 g/mol. The summed E-state index contributed by atoms with van der Waals surface area (Å²) in [5.74, 6) is -0.594. The fourth-order valence-corrected chi connectivity index (χ4v) is 4.99. The minimum absolute atomic E-state index is 0.136. The fraction of sp³-hybridized carbons (Fsp3) is 0.519. The smallest absolute Gasteiger partial charge is 0.452 e. The van der Waals surface area contributed by atoms with E-state index in [9.17, 15) is 18.0 Å². The van der Waals surface area contributed by atoms with Gasteiger partial charge in [-0.2, -0.15) is 13.2 Å². The highest BCUT2D eigenvalue weighted by Gasteiger charge is 2.42. The summed E-state index contributed by atoms with van der Waals surface area (Å²) in [4.78, 5) is 14.6. The molecular formula is C27H35F3N2O3. The Morgan fingerprint density at radius 3 is 2.20 bits per heavy atom. The summed E-state index contributed by atoms with van der Waals surface area (Å²) in [5, 5.41) is 0. The van der Waals surface area contributed by atoms with Crippen molar-refractivity contribution in [2.75, 3.05) is 18.6 Å². The number of anilines is 1. The zero-order chi connectivity index (χ0) is 26.1. The van der Waals surface area contributed by atoms with E-state index in [0.717, 1.165) is 60.0 Å². The van der Waals surface area contributed by atoms with Crippen LogP contribution in [0.25, 0.3) is 0 Å². The van der Waals surface area contributed by atoms with Gasteiger partial charge in [0.1, 0.15) is 5.75 Å². The van der Waals surface area contributed by atoms with Gasteiger partial charge in [-0.25, -0.2) is 0 Å². The molecule has 1 aliphatic rings. The molecule has 1 amide bonds. The molecule has 0 aromatic heterocycles. The van der Waals surface area contributed by atoms with E-state index in [0.29, 0.717) is 6.54 Å². The van der Waals surface area contributed by atoms with Crippen LogP contribution in [0.1, 0.15) is 60.9 Å². The number of nitrogens with two attached hydrogens (primary N) is 1. The Labute approximate surface area is 205 Å². The maximum atomic E-state index is 13.0. The lowest BCUT2D eigenvalue weighted by atomic mass is 9.73. The maximum Gasteiger partial charge on any atom is 0.452 e. The van der Waals surface area contributed by atoms with Crippen molar-refractivity contribution >= 4 is 11.6 Å². The molecule has 8 heteroatoms. The fourth-order valence-electron chi connectivity index (χ4n) is 4.99. The molecule has 0 spiro atoms. The highest BCUT2D eigenvalue weighted by Crippen LogP contribution is 2.40. The molecule has 1 aliphatic heterocycles. The van der Waals surface area contributed by atoms with Crippen molar-refractivity contribution in [1.29, 1.82) is 0 Å². The Morgan fingerprint density at radius 1 is 1.06 bits per heavy atom. The highest BCUT2D eigenvalue weighted by atomic mass is 19.4. The third kappa shape index (κ3) is 6.10. The normalized spacial score (nSPS) is 16.3. The van der Waals surface area contributed by atoms with Crippen LogP contribution in [-0.4, -0.2) is 32.0 Å². The molecular weight excluding hydrogens is 457 g/mol. The lowest BCUT2D eigenvalue weighted by molar-refractivity contribution is -0.274. The Morgan fingerprint density at radius 2 is 1.69 bits per heavy atom. The van der Waals surface area contributed by atoms with Gasteiger partial charge in [-0.15, -0.1) is 0 Å². The SMILES string of the molecule is COC(Oc1ccc2c(c1)CCCN(c1cc(C)c(C(C(N)=O)C(C)(C)C)c(C)c1)C2)C(F)(F)F. The van der Waals surface area contributed by atoms with Crippen molar-refractivity contribution in [2.24, 2.45) is 11.1 Å². The molecule has 0 saturated heterocycles. The lowest BCUT2D eigenvalue weighted by Gasteiger charge is -2.32. The molecule has 2 atom stereocenters. The first-order valence-electron chi connectivity index (χ1n) is 11.8. The number of aryl methyl sites for hydroxylation is 3. The number of alkyl halides is 3. The van der Waals surface area contributed by atoms with E-state index in [4.69, 9.17) is 10.5 Å². The Hall–Kier alpha value is -2.74. The van der Waals surface area contributed by atoms with Crippen LogP contribution in [0.4, 0.5) is 18.9 Å². The van der Waals surface area contributed by atoms with E-state index in [-0.39, 0.29) is 17.1 Å². The quantitative estimate of drug-likeness (QED) is 0.519. The van der Waals surface area contributed by atoms with E-state index in [2.05, 4.69) is 21.8 Å². The topological polar surface area (TPSA) is 64.8 Å². The summed E-state index contributed by atoms with van der Waals surface area (Å²) in [6, 6.07) is 9.25. The van der Waals surface area contributed by atoms with Crippen LogP contribution in [0.2, 0.25) is 0 Å². The Kier molecular flexibility index (Phi) is 7.74. The van der Waals surface area contributed by atoms with E-state index >= 15 is 0 Å². The predicted molar refractivity (Wildman–Crippen MR) is 131 cm³/mol. The number of fused-ring (bicyclic) bond motifs is 1. The Bertz CT molecular complexity index is 1050. The zero-order valence-corrected chi connectivity index (χ0v) is 21.3. The average Bonchev–Trinajstić information content (AvgIpc) is 2.94. The first kappa shape index (κ1) is 26.9. The third-order valence-electron chi connectivity index (χ3n) is 6.52. The van der Waals surface area contributed by atoms with Crippen molar-refractivity contribution in [1.82, 2.24) is 0 Å². The number of hydrogen-bond acceptors (Lipinski definition) is 4. The number of primary amides is 1. The average molecular weight is 493 g/mol. The van der Waals surface area contributed by atoms with Gasteiger partial charge >= 0.3 is 6.18 Å². The largest absolute Gasteiger partial charge is 0.455 e. The number of ether oxygens (including phenoxy) is 2.